The molecule has 0 radical (unpaired) electrons. The fourth-order valence-corrected chi connectivity index (χ4v) is 4.19. The van der Waals surface area contributed by atoms with Crippen molar-refractivity contribution in [2.45, 2.75) is 38.3 Å². The topological polar surface area (TPSA) is 61.4 Å². The molecular weight excluding hydrogens is 320 g/mol. The van der Waals surface area contributed by atoms with Gasteiger partial charge in [-0.1, -0.05) is 31.2 Å². The van der Waals surface area contributed by atoms with Crippen LogP contribution < -0.4 is 10.6 Å². The van der Waals surface area contributed by atoms with E-state index in [0.29, 0.717) is 6.54 Å². The lowest BCUT2D eigenvalue weighted by Crippen LogP contribution is -2.48. The number of carbonyl (C=O) groups excluding carboxylic acids is 1. The lowest BCUT2D eigenvalue weighted by molar-refractivity contribution is -0.120. The van der Waals surface area contributed by atoms with Gasteiger partial charge in [0.25, 0.3) is 0 Å². The van der Waals surface area contributed by atoms with Gasteiger partial charge in [-0.3, -0.25) is 10.1 Å². The molecule has 4 nitrogen and oxygen atoms in total. The summed E-state index contributed by atoms with van der Waals surface area (Å²) in [7, 11) is 0. The van der Waals surface area contributed by atoms with Crippen LogP contribution in [0, 0.1) is 0 Å². The summed E-state index contributed by atoms with van der Waals surface area (Å²) in [4.78, 5) is 14.7. The molecule has 3 rings (SSSR count). The van der Waals surface area contributed by atoms with Crippen molar-refractivity contribution in [3.8, 4) is 0 Å². The third kappa shape index (κ3) is 3.53. The second-order valence-electron chi connectivity index (χ2n) is 6.25. The molecule has 1 aromatic carbocycles. The molecule has 0 saturated carbocycles. The van der Waals surface area contributed by atoms with Crippen LogP contribution in [0.4, 0.5) is 0 Å². The Morgan fingerprint density at radius 2 is 2.04 bits per heavy atom. The number of thiophene rings is 1. The molecule has 128 valence electrons. The number of nitrogens with one attached hydrogen (secondary N) is 2. The maximum atomic E-state index is 12.2. The fourth-order valence-electron chi connectivity index (χ4n) is 3.30. The molecule has 1 atom stereocenters. The summed E-state index contributed by atoms with van der Waals surface area (Å²) in [5.74, 6) is -0.0429. The Morgan fingerprint density at radius 1 is 1.25 bits per heavy atom. The lowest BCUT2D eigenvalue weighted by Gasteiger charge is -2.29. The summed E-state index contributed by atoms with van der Waals surface area (Å²) in [5.41, 5.74) is 1.88. The highest BCUT2D eigenvalue weighted by atomic mass is 32.1. The van der Waals surface area contributed by atoms with E-state index < -0.39 is 5.54 Å². The Balaban J connectivity index is 1.55. The van der Waals surface area contributed by atoms with Gasteiger partial charge < -0.3 is 10.4 Å². The smallest absolute Gasteiger partial charge is 0.234 e. The normalized spacial score (nSPS) is 19.2. The summed E-state index contributed by atoms with van der Waals surface area (Å²) >= 11 is 1.74. The first-order valence-corrected chi connectivity index (χ1v) is 9.27. The van der Waals surface area contributed by atoms with Crippen LogP contribution in [-0.4, -0.2) is 24.2 Å². The third-order valence-electron chi connectivity index (χ3n) is 4.74. The van der Waals surface area contributed by atoms with E-state index in [2.05, 4.69) is 35.8 Å². The van der Waals surface area contributed by atoms with Crippen molar-refractivity contribution in [1.82, 2.24) is 10.6 Å². The van der Waals surface area contributed by atoms with Crippen LogP contribution in [-0.2, 0) is 29.7 Å². The number of hydrogen-bond donors (Lipinski definition) is 3. The van der Waals surface area contributed by atoms with Gasteiger partial charge in [-0.15, -0.1) is 11.3 Å². The monoisotopic (exact) mass is 344 g/mol. The summed E-state index contributed by atoms with van der Waals surface area (Å²) in [5, 5.41) is 16.2. The van der Waals surface area contributed by atoms with E-state index in [0.717, 1.165) is 24.8 Å². The molecule has 1 heterocycles. The third-order valence-corrected chi connectivity index (χ3v) is 5.97. The van der Waals surface area contributed by atoms with Crippen LogP contribution in [0.5, 0.6) is 0 Å². The molecule has 5 heteroatoms. The average molecular weight is 344 g/mol. The number of benzene rings is 1. The Bertz CT molecular complexity index is 713. The highest BCUT2D eigenvalue weighted by Gasteiger charge is 2.37. The van der Waals surface area contributed by atoms with Gasteiger partial charge in [-0.25, -0.2) is 0 Å². The van der Waals surface area contributed by atoms with Gasteiger partial charge in [0.2, 0.25) is 5.91 Å². The van der Waals surface area contributed by atoms with Crippen molar-refractivity contribution in [3.05, 3.63) is 57.3 Å². The number of aryl methyl sites for hydroxylation is 2. The minimum Gasteiger partial charge on any atom is -0.394 e. The average Bonchev–Trinajstić information content (AvgIpc) is 3.23. The van der Waals surface area contributed by atoms with Crippen LogP contribution in [0.1, 0.15) is 34.2 Å². The standard InChI is InChI=1S/C19H24N2O2S/c1-2-15-7-8-16(24-15)11-20-18(23)12-21-19(13-22)10-9-14-5-3-4-6-17(14)19/h3-8,21-22H,2,9-13H2,1H3,(H,20,23). The molecule has 2 aromatic rings. The van der Waals surface area contributed by atoms with Crippen LogP contribution in [0.3, 0.4) is 0 Å². The molecule has 24 heavy (non-hydrogen) atoms. The van der Waals surface area contributed by atoms with Crippen LogP contribution >= 0.6 is 11.3 Å². The second-order valence-corrected chi connectivity index (χ2v) is 7.50. The van der Waals surface area contributed by atoms with Crippen molar-refractivity contribution in [2.24, 2.45) is 0 Å². The van der Waals surface area contributed by atoms with E-state index in [1.165, 1.54) is 15.3 Å². The van der Waals surface area contributed by atoms with Gasteiger partial charge in [-0.2, -0.15) is 0 Å². The number of aliphatic hydroxyl groups is 1. The predicted molar refractivity (Wildman–Crippen MR) is 97.1 cm³/mol. The molecule has 1 amide bonds. The van der Waals surface area contributed by atoms with Gasteiger partial charge in [0.1, 0.15) is 0 Å². The van der Waals surface area contributed by atoms with Crippen molar-refractivity contribution < 1.29 is 9.90 Å². The Morgan fingerprint density at radius 3 is 2.79 bits per heavy atom. The van der Waals surface area contributed by atoms with E-state index in [9.17, 15) is 9.90 Å². The van der Waals surface area contributed by atoms with Gasteiger partial charge in [-0.05, 0) is 42.5 Å². The molecule has 0 spiro atoms. The first kappa shape index (κ1) is 17.1. The zero-order valence-electron chi connectivity index (χ0n) is 14.0. The van der Waals surface area contributed by atoms with E-state index >= 15 is 0 Å². The molecule has 1 aromatic heterocycles. The molecular formula is C19H24N2O2S. The second kappa shape index (κ2) is 7.47. The maximum absolute atomic E-state index is 12.2. The molecule has 3 N–H and O–H groups in total. The fraction of sp³-hybridized carbons (Fsp3) is 0.421. The Hall–Kier alpha value is -1.69. The summed E-state index contributed by atoms with van der Waals surface area (Å²) in [6, 6.07) is 12.3. The van der Waals surface area contributed by atoms with Crippen LogP contribution in [0.15, 0.2) is 36.4 Å². The number of fused-ring (bicyclic) bond motifs is 1. The Labute approximate surface area is 146 Å². The number of carbonyl (C=O) groups is 1. The minimum absolute atomic E-state index is 0.00206. The molecule has 1 aliphatic rings. The number of amides is 1. The summed E-state index contributed by atoms with van der Waals surface area (Å²) < 4.78 is 0. The van der Waals surface area contributed by atoms with Gasteiger partial charge in [0, 0.05) is 9.75 Å². The Kier molecular flexibility index (Phi) is 5.33. The molecule has 0 saturated heterocycles. The van der Waals surface area contributed by atoms with Crippen molar-refractivity contribution in [2.75, 3.05) is 13.2 Å². The first-order chi connectivity index (χ1) is 11.7. The largest absolute Gasteiger partial charge is 0.394 e. The van der Waals surface area contributed by atoms with E-state index in [1.807, 2.05) is 18.2 Å². The lowest BCUT2D eigenvalue weighted by atomic mass is 9.92. The zero-order valence-corrected chi connectivity index (χ0v) is 14.8. The number of rotatable bonds is 7. The summed E-state index contributed by atoms with van der Waals surface area (Å²) in [6.45, 7) is 2.91. The quantitative estimate of drug-likeness (QED) is 0.722. The highest BCUT2D eigenvalue weighted by molar-refractivity contribution is 7.11. The summed E-state index contributed by atoms with van der Waals surface area (Å²) in [6.07, 6.45) is 2.78. The van der Waals surface area contributed by atoms with E-state index in [4.69, 9.17) is 0 Å². The van der Waals surface area contributed by atoms with Crippen molar-refractivity contribution in [3.63, 3.8) is 0 Å². The molecule has 0 fully saturated rings. The molecule has 0 bridgehead atoms. The molecule has 1 unspecified atom stereocenters. The number of aliphatic hydroxyl groups excluding tert-OH is 1. The maximum Gasteiger partial charge on any atom is 0.234 e. The van der Waals surface area contributed by atoms with Crippen LogP contribution in [0.2, 0.25) is 0 Å². The number of hydrogen-bond acceptors (Lipinski definition) is 4. The zero-order chi connectivity index (χ0) is 17.0. The van der Waals surface area contributed by atoms with Gasteiger partial charge in [0.05, 0.1) is 25.2 Å². The molecule has 0 aliphatic heterocycles. The SMILES string of the molecule is CCc1ccc(CNC(=O)CNC2(CO)CCc3ccccc32)s1. The predicted octanol–water partition coefficient (Wildman–Crippen LogP) is 2.35. The molecule has 1 aliphatic carbocycles. The van der Waals surface area contributed by atoms with Crippen molar-refractivity contribution >= 4 is 17.2 Å². The van der Waals surface area contributed by atoms with Crippen molar-refractivity contribution in [1.29, 1.82) is 0 Å². The van der Waals surface area contributed by atoms with Gasteiger partial charge >= 0.3 is 0 Å². The first-order valence-electron chi connectivity index (χ1n) is 8.45. The highest BCUT2D eigenvalue weighted by Crippen LogP contribution is 2.36. The van der Waals surface area contributed by atoms with Crippen LogP contribution in [0.25, 0.3) is 0 Å². The minimum atomic E-state index is -0.494. The van der Waals surface area contributed by atoms with Gasteiger partial charge in [0.15, 0.2) is 0 Å². The van der Waals surface area contributed by atoms with E-state index in [1.54, 1.807) is 11.3 Å². The van der Waals surface area contributed by atoms with E-state index in [-0.39, 0.29) is 19.1 Å².